The van der Waals surface area contributed by atoms with Gasteiger partial charge >= 0.3 is 0 Å². The summed E-state index contributed by atoms with van der Waals surface area (Å²) >= 11 is 6.18. The number of hydrogen-bond donors (Lipinski definition) is 2. The number of anilines is 2. The van der Waals surface area contributed by atoms with E-state index in [-0.39, 0.29) is 11.8 Å². The molecule has 1 fully saturated rings. The van der Waals surface area contributed by atoms with Crippen LogP contribution in [0.15, 0.2) is 42.5 Å². The van der Waals surface area contributed by atoms with E-state index in [0.717, 1.165) is 37.2 Å². The zero-order valence-corrected chi connectivity index (χ0v) is 16.2. The quantitative estimate of drug-likeness (QED) is 0.810. The summed E-state index contributed by atoms with van der Waals surface area (Å²) in [5.41, 5.74) is 3.04. The molecule has 2 aromatic rings. The molecule has 0 aromatic heterocycles. The Hall–Kier alpha value is -2.53. The molecule has 0 unspecified atom stereocenters. The number of piperidine rings is 1. The average Bonchev–Trinajstić information content (AvgIpc) is 2.67. The molecular weight excluding hydrogens is 362 g/mol. The molecule has 0 atom stereocenters. The number of nitrogens with one attached hydrogen (secondary N) is 2. The van der Waals surface area contributed by atoms with Crippen LogP contribution in [-0.2, 0) is 11.3 Å². The molecular formula is C21H24ClN3O2. The van der Waals surface area contributed by atoms with Gasteiger partial charge in [-0.2, -0.15) is 0 Å². The minimum atomic E-state index is -0.148. The van der Waals surface area contributed by atoms with Gasteiger partial charge in [-0.05, 0) is 49.1 Å². The largest absolute Gasteiger partial charge is 0.371 e. The van der Waals surface area contributed by atoms with E-state index in [1.165, 1.54) is 13.3 Å². The van der Waals surface area contributed by atoms with Crippen LogP contribution in [0.2, 0.25) is 5.02 Å². The summed E-state index contributed by atoms with van der Waals surface area (Å²) in [4.78, 5) is 26.5. The van der Waals surface area contributed by atoms with E-state index < -0.39 is 0 Å². The van der Waals surface area contributed by atoms with Crippen molar-refractivity contribution in [2.45, 2.75) is 32.7 Å². The second kappa shape index (κ2) is 8.91. The lowest BCUT2D eigenvalue weighted by molar-refractivity contribution is -0.114. The predicted octanol–water partition coefficient (Wildman–Crippen LogP) is 4.22. The summed E-state index contributed by atoms with van der Waals surface area (Å²) in [5, 5.41) is 6.39. The molecule has 0 bridgehead atoms. The molecule has 27 heavy (non-hydrogen) atoms. The van der Waals surface area contributed by atoms with E-state index in [0.29, 0.717) is 22.8 Å². The van der Waals surface area contributed by atoms with Gasteiger partial charge in [-0.3, -0.25) is 9.59 Å². The van der Waals surface area contributed by atoms with Crippen molar-refractivity contribution in [2.24, 2.45) is 0 Å². The Bertz CT molecular complexity index is 832. The Kier molecular flexibility index (Phi) is 6.35. The minimum absolute atomic E-state index is 0.129. The normalized spacial score (nSPS) is 13.9. The predicted molar refractivity (Wildman–Crippen MR) is 109 cm³/mol. The molecule has 2 N–H and O–H groups in total. The first kappa shape index (κ1) is 19.2. The van der Waals surface area contributed by atoms with Gasteiger partial charge in [0.2, 0.25) is 5.91 Å². The molecule has 0 radical (unpaired) electrons. The van der Waals surface area contributed by atoms with Crippen molar-refractivity contribution in [2.75, 3.05) is 23.3 Å². The van der Waals surface area contributed by atoms with E-state index in [1.807, 2.05) is 30.3 Å². The van der Waals surface area contributed by atoms with E-state index >= 15 is 0 Å². The molecule has 1 saturated heterocycles. The smallest absolute Gasteiger partial charge is 0.253 e. The summed E-state index contributed by atoms with van der Waals surface area (Å²) in [5.74, 6) is -0.277. The Labute approximate surface area is 164 Å². The van der Waals surface area contributed by atoms with Crippen LogP contribution in [0.25, 0.3) is 0 Å². The van der Waals surface area contributed by atoms with E-state index in [4.69, 9.17) is 11.6 Å². The van der Waals surface area contributed by atoms with E-state index in [9.17, 15) is 9.59 Å². The standard InChI is InChI=1S/C21H24ClN3O2/c1-15(26)24-17-9-10-18(20(13-17)25-11-5-2-6-12-25)21(27)23-14-16-7-3-4-8-19(16)22/h3-4,7-10,13H,2,5-6,11-12,14H2,1H3,(H,23,27)(H,24,26). The van der Waals surface area contributed by atoms with Gasteiger partial charge in [-0.25, -0.2) is 0 Å². The lowest BCUT2D eigenvalue weighted by Crippen LogP contribution is -2.32. The molecule has 0 spiro atoms. The first-order chi connectivity index (χ1) is 13.0. The van der Waals surface area contributed by atoms with Gasteiger partial charge in [-0.1, -0.05) is 29.8 Å². The van der Waals surface area contributed by atoms with Gasteiger partial charge in [0, 0.05) is 37.3 Å². The van der Waals surface area contributed by atoms with Crippen molar-refractivity contribution in [3.05, 3.63) is 58.6 Å². The summed E-state index contributed by atoms with van der Waals surface area (Å²) in [6, 6.07) is 12.9. The summed E-state index contributed by atoms with van der Waals surface area (Å²) in [6.45, 7) is 3.67. The molecule has 0 saturated carbocycles. The van der Waals surface area contributed by atoms with Gasteiger partial charge in [0.1, 0.15) is 0 Å². The highest BCUT2D eigenvalue weighted by Crippen LogP contribution is 2.28. The van der Waals surface area contributed by atoms with E-state index in [2.05, 4.69) is 15.5 Å². The highest BCUT2D eigenvalue weighted by atomic mass is 35.5. The fraction of sp³-hybridized carbons (Fsp3) is 0.333. The maximum atomic E-state index is 12.9. The summed E-state index contributed by atoms with van der Waals surface area (Å²) in [7, 11) is 0. The zero-order chi connectivity index (χ0) is 19.2. The molecule has 3 rings (SSSR count). The number of hydrogen-bond acceptors (Lipinski definition) is 3. The molecule has 1 heterocycles. The van der Waals surface area contributed by atoms with Crippen LogP contribution in [0, 0.1) is 0 Å². The minimum Gasteiger partial charge on any atom is -0.371 e. The average molecular weight is 386 g/mol. The van der Waals surface area contributed by atoms with Crippen LogP contribution in [-0.4, -0.2) is 24.9 Å². The van der Waals surface area contributed by atoms with Crippen LogP contribution in [0.3, 0.4) is 0 Å². The lowest BCUT2D eigenvalue weighted by atomic mass is 10.1. The lowest BCUT2D eigenvalue weighted by Gasteiger charge is -2.30. The second-order valence-corrected chi connectivity index (χ2v) is 7.14. The maximum Gasteiger partial charge on any atom is 0.253 e. The number of benzene rings is 2. The van der Waals surface area contributed by atoms with Crippen LogP contribution < -0.4 is 15.5 Å². The highest BCUT2D eigenvalue weighted by molar-refractivity contribution is 6.31. The second-order valence-electron chi connectivity index (χ2n) is 6.73. The monoisotopic (exact) mass is 385 g/mol. The van der Waals surface area contributed by atoms with Crippen LogP contribution in [0.5, 0.6) is 0 Å². The van der Waals surface area contributed by atoms with Gasteiger partial charge < -0.3 is 15.5 Å². The van der Waals surface area contributed by atoms with Gasteiger partial charge in [0.05, 0.1) is 11.3 Å². The zero-order valence-electron chi connectivity index (χ0n) is 15.4. The number of halogens is 1. The number of carbonyl (C=O) groups is 2. The molecule has 0 aliphatic carbocycles. The first-order valence-corrected chi connectivity index (χ1v) is 9.60. The third-order valence-corrected chi connectivity index (χ3v) is 5.03. The third-order valence-electron chi connectivity index (χ3n) is 4.66. The van der Waals surface area contributed by atoms with Crippen LogP contribution in [0.1, 0.15) is 42.1 Å². The molecule has 5 nitrogen and oxygen atoms in total. The summed E-state index contributed by atoms with van der Waals surface area (Å²) in [6.07, 6.45) is 3.41. The van der Waals surface area contributed by atoms with Crippen molar-refractivity contribution >= 4 is 34.8 Å². The molecule has 2 aromatic carbocycles. The van der Waals surface area contributed by atoms with Crippen molar-refractivity contribution in [3.8, 4) is 0 Å². The van der Waals surface area contributed by atoms with Crippen molar-refractivity contribution in [1.82, 2.24) is 5.32 Å². The molecule has 2 amide bonds. The van der Waals surface area contributed by atoms with Gasteiger partial charge in [-0.15, -0.1) is 0 Å². The van der Waals surface area contributed by atoms with Crippen molar-refractivity contribution < 1.29 is 9.59 Å². The van der Waals surface area contributed by atoms with Crippen molar-refractivity contribution in [1.29, 1.82) is 0 Å². The Morgan fingerprint density at radius 1 is 1.07 bits per heavy atom. The number of carbonyl (C=O) groups excluding carboxylic acids is 2. The van der Waals surface area contributed by atoms with Crippen LogP contribution >= 0.6 is 11.6 Å². The number of nitrogens with zero attached hydrogens (tertiary/aromatic N) is 1. The SMILES string of the molecule is CC(=O)Nc1ccc(C(=O)NCc2ccccc2Cl)c(N2CCCCC2)c1. The Morgan fingerprint density at radius 3 is 2.52 bits per heavy atom. The summed E-state index contributed by atoms with van der Waals surface area (Å²) < 4.78 is 0. The molecule has 1 aliphatic rings. The topological polar surface area (TPSA) is 61.4 Å². The fourth-order valence-electron chi connectivity index (χ4n) is 3.31. The fourth-order valence-corrected chi connectivity index (χ4v) is 3.52. The first-order valence-electron chi connectivity index (χ1n) is 9.23. The Balaban J connectivity index is 1.82. The number of rotatable bonds is 5. The molecule has 6 heteroatoms. The van der Waals surface area contributed by atoms with Crippen molar-refractivity contribution in [3.63, 3.8) is 0 Å². The van der Waals surface area contributed by atoms with Gasteiger partial charge in [0.25, 0.3) is 5.91 Å². The highest BCUT2D eigenvalue weighted by Gasteiger charge is 2.19. The van der Waals surface area contributed by atoms with Gasteiger partial charge in [0.15, 0.2) is 0 Å². The maximum absolute atomic E-state index is 12.9. The van der Waals surface area contributed by atoms with E-state index in [1.54, 1.807) is 12.1 Å². The Morgan fingerprint density at radius 2 is 1.81 bits per heavy atom. The molecule has 1 aliphatic heterocycles. The number of amides is 2. The molecule has 142 valence electrons. The third kappa shape index (κ3) is 5.01. The van der Waals surface area contributed by atoms with Crippen LogP contribution in [0.4, 0.5) is 11.4 Å².